The van der Waals surface area contributed by atoms with Crippen molar-refractivity contribution in [2.75, 3.05) is 17.7 Å². The Morgan fingerprint density at radius 1 is 1.09 bits per heavy atom. The highest BCUT2D eigenvalue weighted by Gasteiger charge is 2.21. The van der Waals surface area contributed by atoms with E-state index in [4.69, 9.17) is 0 Å². The van der Waals surface area contributed by atoms with E-state index < -0.39 is 0 Å². The van der Waals surface area contributed by atoms with E-state index in [1.807, 2.05) is 79.3 Å². The zero-order valence-electron chi connectivity index (χ0n) is 18.7. The summed E-state index contributed by atoms with van der Waals surface area (Å²) in [6.07, 6.45) is 1.96. The predicted octanol–water partition coefficient (Wildman–Crippen LogP) is 4.43. The Bertz CT molecular complexity index is 1230. The average Bonchev–Trinajstić information content (AvgIpc) is 3.40. The van der Waals surface area contributed by atoms with Crippen LogP contribution in [-0.2, 0) is 18.4 Å². The smallest absolute Gasteiger partial charge is 0.237 e. The van der Waals surface area contributed by atoms with Gasteiger partial charge in [-0.2, -0.15) is 5.10 Å². The number of carbonyl (C=O) groups is 1. The summed E-state index contributed by atoms with van der Waals surface area (Å²) in [6.45, 7) is 4.76. The van der Waals surface area contributed by atoms with Gasteiger partial charge in [0.25, 0.3) is 0 Å². The topological polar surface area (TPSA) is 68.8 Å². The summed E-state index contributed by atoms with van der Waals surface area (Å²) in [5, 5.41) is 14.2. The average molecular weight is 447 g/mol. The van der Waals surface area contributed by atoms with Crippen LogP contribution in [0.3, 0.4) is 0 Å². The molecule has 2 aromatic carbocycles. The number of amides is 1. The molecule has 0 aliphatic heterocycles. The van der Waals surface area contributed by atoms with Gasteiger partial charge in [0.15, 0.2) is 11.0 Å². The van der Waals surface area contributed by atoms with Crippen molar-refractivity contribution in [2.24, 2.45) is 7.05 Å². The maximum atomic E-state index is 12.8. The standard InChI is InChI=1S/C24H26N6OS/c1-5-30-23(20-15-28(3)27-22(20)18-11-7-6-8-12-18)25-26-24(30)32-16-21(31)29(4)19-13-9-10-17(2)14-19/h6-15H,5,16H2,1-4H3. The zero-order valence-corrected chi connectivity index (χ0v) is 19.5. The molecule has 7 nitrogen and oxygen atoms in total. The van der Waals surface area contributed by atoms with Crippen LogP contribution in [0.25, 0.3) is 22.6 Å². The van der Waals surface area contributed by atoms with E-state index in [9.17, 15) is 4.79 Å². The van der Waals surface area contributed by atoms with Crippen LogP contribution in [0.15, 0.2) is 66.0 Å². The van der Waals surface area contributed by atoms with E-state index in [2.05, 4.69) is 22.2 Å². The van der Waals surface area contributed by atoms with E-state index in [0.29, 0.717) is 6.54 Å². The molecule has 0 atom stereocenters. The van der Waals surface area contributed by atoms with Crippen molar-refractivity contribution in [1.82, 2.24) is 24.5 Å². The Kier molecular flexibility index (Phi) is 6.41. The maximum absolute atomic E-state index is 12.8. The normalized spacial score (nSPS) is 11.0. The number of thioether (sulfide) groups is 1. The van der Waals surface area contributed by atoms with Crippen LogP contribution in [0.4, 0.5) is 5.69 Å². The fraction of sp³-hybridized carbons (Fsp3) is 0.250. The number of hydrogen-bond donors (Lipinski definition) is 0. The molecule has 0 spiro atoms. The van der Waals surface area contributed by atoms with Gasteiger partial charge in [0.2, 0.25) is 5.91 Å². The van der Waals surface area contributed by atoms with Crippen molar-refractivity contribution >= 4 is 23.4 Å². The summed E-state index contributed by atoms with van der Waals surface area (Å²) >= 11 is 1.40. The van der Waals surface area contributed by atoms with Crippen LogP contribution in [-0.4, -0.2) is 43.3 Å². The Morgan fingerprint density at radius 3 is 2.59 bits per heavy atom. The first-order valence-electron chi connectivity index (χ1n) is 10.5. The second-order valence-corrected chi connectivity index (χ2v) is 8.50. The van der Waals surface area contributed by atoms with Gasteiger partial charge in [-0.3, -0.25) is 9.48 Å². The van der Waals surface area contributed by atoms with Gasteiger partial charge in [0.05, 0.1) is 11.3 Å². The fourth-order valence-corrected chi connectivity index (χ4v) is 4.46. The minimum Gasteiger partial charge on any atom is -0.315 e. The molecule has 164 valence electrons. The molecule has 8 heteroatoms. The number of hydrogen-bond acceptors (Lipinski definition) is 5. The number of anilines is 1. The molecule has 0 fully saturated rings. The summed E-state index contributed by atoms with van der Waals surface area (Å²) < 4.78 is 3.83. The van der Waals surface area contributed by atoms with Gasteiger partial charge in [-0.05, 0) is 31.5 Å². The third kappa shape index (κ3) is 4.45. The van der Waals surface area contributed by atoms with Crippen molar-refractivity contribution in [1.29, 1.82) is 0 Å². The van der Waals surface area contributed by atoms with E-state index in [0.717, 1.165) is 39.1 Å². The molecule has 0 unspecified atom stereocenters. The van der Waals surface area contributed by atoms with Gasteiger partial charge < -0.3 is 9.47 Å². The second-order valence-electron chi connectivity index (χ2n) is 7.56. The van der Waals surface area contributed by atoms with Crippen molar-refractivity contribution in [3.63, 3.8) is 0 Å². The van der Waals surface area contributed by atoms with E-state index in [-0.39, 0.29) is 11.7 Å². The number of carbonyl (C=O) groups excluding carboxylic acids is 1. The minimum atomic E-state index is 0.0131. The Labute approximate surface area is 192 Å². The molecule has 2 aromatic heterocycles. The van der Waals surface area contributed by atoms with Crippen LogP contribution in [0.2, 0.25) is 0 Å². The molecule has 1 amide bonds. The van der Waals surface area contributed by atoms with Gasteiger partial charge in [-0.15, -0.1) is 10.2 Å². The molecule has 0 bridgehead atoms. The Balaban J connectivity index is 1.57. The van der Waals surface area contributed by atoms with E-state index >= 15 is 0 Å². The molecular formula is C24H26N6OS. The minimum absolute atomic E-state index is 0.0131. The molecule has 4 aromatic rings. The lowest BCUT2D eigenvalue weighted by molar-refractivity contribution is -0.115. The highest BCUT2D eigenvalue weighted by Crippen LogP contribution is 2.32. The van der Waals surface area contributed by atoms with Gasteiger partial charge in [-0.1, -0.05) is 54.2 Å². The summed E-state index contributed by atoms with van der Waals surface area (Å²) in [7, 11) is 3.70. The third-order valence-corrected chi connectivity index (χ3v) is 6.19. The first kappa shape index (κ1) is 21.8. The second kappa shape index (κ2) is 9.40. The van der Waals surface area contributed by atoms with Crippen LogP contribution < -0.4 is 4.90 Å². The Morgan fingerprint density at radius 2 is 1.88 bits per heavy atom. The van der Waals surface area contributed by atoms with Crippen LogP contribution >= 0.6 is 11.8 Å². The van der Waals surface area contributed by atoms with Gasteiger partial charge >= 0.3 is 0 Å². The molecule has 32 heavy (non-hydrogen) atoms. The quantitative estimate of drug-likeness (QED) is 0.393. The highest BCUT2D eigenvalue weighted by molar-refractivity contribution is 7.99. The molecular weight excluding hydrogens is 420 g/mol. The van der Waals surface area contributed by atoms with E-state index in [1.54, 1.807) is 16.6 Å². The number of aromatic nitrogens is 5. The lowest BCUT2D eigenvalue weighted by Crippen LogP contribution is -2.28. The number of aryl methyl sites for hydroxylation is 2. The molecule has 0 radical (unpaired) electrons. The van der Waals surface area contributed by atoms with Crippen LogP contribution in [0.5, 0.6) is 0 Å². The lowest BCUT2D eigenvalue weighted by atomic mass is 10.1. The first-order chi connectivity index (χ1) is 15.5. The lowest BCUT2D eigenvalue weighted by Gasteiger charge is -2.17. The number of nitrogens with zero attached hydrogens (tertiary/aromatic N) is 6. The summed E-state index contributed by atoms with van der Waals surface area (Å²) in [5.74, 6) is 1.04. The summed E-state index contributed by atoms with van der Waals surface area (Å²) in [6, 6.07) is 18.0. The molecule has 0 aliphatic rings. The highest BCUT2D eigenvalue weighted by atomic mass is 32.2. The third-order valence-electron chi connectivity index (χ3n) is 5.24. The van der Waals surface area contributed by atoms with Crippen molar-refractivity contribution in [3.05, 3.63) is 66.4 Å². The van der Waals surface area contributed by atoms with Gasteiger partial charge in [0, 0.05) is 38.1 Å². The number of rotatable bonds is 7. The van der Waals surface area contributed by atoms with Crippen LogP contribution in [0.1, 0.15) is 12.5 Å². The summed E-state index contributed by atoms with van der Waals surface area (Å²) in [5.41, 5.74) is 4.81. The zero-order chi connectivity index (χ0) is 22.7. The summed E-state index contributed by atoms with van der Waals surface area (Å²) in [4.78, 5) is 14.5. The predicted molar refractivity (Wildman–Crippen MR) is 129 cm³/mol. The van der Waals surface area contributed by atoms with Gasteiger partial charge in [0.1, 0.15) is 5.69 Å². The molecule has 0 saturated carbocycles. The molecule has 0 N–H and O–H groups in total. The first-order valence-corrected chi connectivity index (χ1v) is 11.4. The molecule has 2 heterocycles. The SMILES string of the molecule is CCn1c(SCC(=O)N(C)c2cccc(C)c2)nnc1-c1cn(C)nc1-c1ccccc1. The fourth-order valence-electron chi connectivity index (χ4n) is 3.54. The maximum Gasteiger partial charge on any atom is 0.237 e. The number of benzene rings is 2. The van der Waals surface area contributed by atoms with Crippen molar-refractivity contribution < 1.29 is 4.79 Å². The van der Waals surface area contributed by atoms with Gasteiger partial charge in [-0.25, -0.2) is 0 Å². The molecule has 4 rings (SSSR count). The molecule has 0 aliphatic carbocycles. The largest absolute Gasteiger partial charge is 0.315 e. The van der Waals surface area contributed by atoms with Crippen molar-refractivity contribution in [2.45, 2.75) is 25.5 Å². The monoisotopic (exact) mass is 446 g/mol. The molecule has 0 saturated heterocycles. The van der Waals surface area contributed by atoms with E-state index in [1.165, 1.54) is 11.8 Å². The van der Waals surface area contributed by atoms with Crippen LogP contribution in [0, 0.1) is 6.92 Å². The van der Waals surface area contributed by atoms with Crippen molar-refractivity contribution in [3.8, 4) is 22.6 Å². The Hall–Kier alpha value is -3.39.